The number of rotatable bonds is 2. The van der Waals surface area contributed by atoms with Crippen LogP contribution in [0.25, 0.3) is 11.5 Å². The first-order valence-electron chi connectivity index (χ1n) is 4.21. The van der Waals surface area contributed by atoms with Crippen LogP contribution in [0.1, 0.15) is 16.2 Å². The van der Waals surface area contributed by atoms with E-state index >= 15 is 0 Å². The minimum atomic E-state index is -4.55. The summed E-state index contributed by atoms with van der Waals surface area (Å²) in [5.41, 5.74) is -1.63. The molecule has 2 aromatic rings. The molecule has 6 nitrogen and oxygen atoms in total. The van der Waals surface area contributed by atoms with Crippen LogP contribution in [0.15, 0.2) is 16.7 Å². The molecule has 0 radical (unpaired) electrons. The van der Waals surface area contributed by atoms with Gasteiger partial charge in [-0.15, -0.1) is 0 Å². The van der Waals surface area contributed by atoms with E-state index in [0.29, 0.717) is 6.07 Å². The maximum atomic E-state index is 12.2. The van der Waals surface area contributed by atoms with Crippen LogP contribution in [0.5, 0.6) is 0 Å². The molecule has 0 saturated heterocycles. The second-order valence-electron chi connectivity index (χ2n) is 3.05. The summed E-state index contributed by atoms with van der Waals surface area (Å²) in [6.45, 7) is 0. The summed E-state index contributed by atoms with van der Waals surface area (Å²) in [5, 5.41) is 16.8. The molecular formula is C8H4F3N3O3. The maximum absolute atomic E-state index is 12.2. The van der Waals surface area contributed by atoms with Gasteiger partial charge in [-0.2, -0.15) is 18.3 Å². The lowest BCUT2D eigenvalue weighted by Gasteiger charge is -1.99. The first kappa shape index (κ1) is 11.2. The molecule has 17 heavy (non-hydrogen) atoms. The second-order valence-corrected chi connectivity index (χ2v) is 3.05. The Labute approximate surface area is 91.0 Å². The van der Waals surface area contributed by atoms with Crippen molar-refractivity contribution in [2.45, 2.75) is 6.18 Å². The molecule has 2 aromatic heterocycles. The van der Waals surface area contributed by atoms with Crippen LogP contribution in [-0.2, 0) is 6.18 Å². The standard InChI is InChI=1S/C8H4F3N3O3/c9-8(10,11)6-2-3(12-13-6)5-1-4(7(15)16)14-17-5/h1-2H,(H,12,13)(H,15,16). The van der Waals surface area contributed by atoms with Gasteiger partial charge in [0, 0.05) is 6.07 Å². The number of aromatic carboxylic acids is 1. The molecule has 2 rings (SSSR count). The van der Waals surface area contributed by atoms with E-state index in [-0.39, 0.29) is 11.5 Å². The highest BCUT2D eigenvalue weighted by Crippen LogP contribution is 2.30. The highest BCUT2D eigenvalue weighted by molar-refractivity contribution is 5.86. The van der Waals surface area contributed by atoms with Crippen LogP contribution >= 0.6 is 0 Å². The Morgan fingerprint density at radius 2 is 2.12 bits per heavy atom. The predicted octanol–water partition coefficient (Wildman–Crippen LogP) is 1.78. The molecule has 90 valence electrons. The Morgan fingerprint density at radius 3 is 2.59 bits per heavy atom. The van der Waals surface area contributed by atoms with Gasteiger partial charge in [0.2, 0.25) is 0 Å². The van der Waals surface area contributed by atoms with Crippen LogP contribution in [0.2, 0.25) is 0 Å². The molecular weight excluding hydrogens is 243 g/mol. The number of carboxylic acids is 1. The van der Waals surface area contributed by atoms with Gasteiger partial charge < -0.3 is 9.63 Å². The Bertz CT molecular complexity index is 558. The quantitative estimate of drug-likeness (QED) is 0.843. The van der Waals surface area contributed by atoms with Gasteiger partial charge in [-0.1, -0.05) is 5.16 Å². The van der Waals surface area contributed by atoms with Crippen LogP contribution in [0, 0.1) is 0 Å². The third-order valence-electron chi connectivity index (χ3n) is 1.86. The van der Waals surface area contributed by atoms with Gasteiger partial charge in [-0.05, 0) is 6.07 Å². The Morgan fingerprint density at radius 1 is 1.41 bits per heavy atom. The molecule has 0 unspecified atom stereocenters. The van der Waals surface area contributed by atoms with Crippen molar-refractivity contribution >= 4 is 5.97 Å². The molecule has 0 aliphatic carbocycles. The van der Waals surface area contributed by atoms with Gasteiger partial charge in [0.05, 0.1) is 0 Å². The monoisotopic (exact) mass is 247 g/mol. The van der Waals surface area contributed by atoms with Crippen molar-refractivity contribution in [1.29, 1.82) is 0 Å². The van der Waals surface area contributed by atoms with Crippen LogP contribution < -0.4 is 0 Å². The van der Waals surface area contributed by atoms with Gasteiger partial charge in [0.25, 0.3) is 0 Å². The maximum Gasteiger partial charge on any atom is 0.432 e. The zero-order valence-electron chi connectivity index (χ0n) is 7.95. The van der Waals surface area contributed by atoms with Crippen molar-refractivity contribution in [3.8, 4) is 11.5 Å². The van der Waals surface area contributed by atoms with E-state index in [1.165, 1.54) is 0 Å². The molecule has 0 aliphatic rings. The highest BCUT2D eigenvalue weighted by Gasteiger charge is 2.33. The van der Waals surface area contributed by atoms with Crippen molar-refractivity contribution < 1.29 is 27.6 Å². The summed E-state index contributed by atoms with van der Waals surface area (Å²) >= 11 is 0. The van der Waals surface area contributed by atoms with E-state index in [1.54, 1.807) is 5.10 Å². The van der Waals surface area contributed by atoms with Gasteiger partial charge >= 0.3 is 12.1 Å². The van der Waals surface area contributed by atoms with E-state index in [2.05, 4.69) is 14.8 Å². The lowest BCUT2D eigenvalue weighted by Crippen LogP contribution is -2.04. The van der Waals surface area contributed by atoms with Crippen molar-refractivity contribution in [2.75, 3.05) is 0 Å². The van der Waals surface area contributed by atoms with Gasteiger partial charge in [0.15, 0.2) is 11.5 Å². The molecule has 0 atom stereocenters. The fourth-order valence-electron chi connectivity index (χ4n) is 1.09. The average Bonchev–Trinajstić information content (AvgIpc) is 2.85. The number of nitrogens with zero attached hydrogens (tertiary/aromatic N) is 2. The van der Waals surface area contributed by atoms with E-state index in [9.17, 15) is 18.0 Å². The van der Waals surface area contributed by atoms with Crippen molar-refractivity contribution in [3.63, 3.8) is 0 Å². The normalized spacial score (nSPS) is 11.7. The SMILES string of the molecule is O=C(O)c1cc(-c2cc(C(F)(F)F)[nH]n2)on1. The first-order valence-corrected chi connectivity index (χ1v) is 4.21. The minimum Gasteiger partial charge on any atom is -0.476 e. The molecule has 0 aromatic carbocycles. The van der Waals surface area contributed by atoms with Crippen molar-refractivity contribution in [3.05, 3.63) is 23.5 Å². The van der Waals surface area contributed by atoms with Crippen molar-refractivity contribution in [1.82, 2.24) is 15.4 Å². The second kappa shape index (κ2) is 3.61. The van der Waals surface area contributed by atoms with E-state index in [4.69, 9.17) is 5.11 Å². The first-order chi connectivity index (χ1) is 7.88. The lowest BCUT2D eigenvalue weighted by atomic mass is 10.2. The molecule has 2 N–H and O–H groups in total. The number of nitrogens with one attached hydrogen (secondary N) is 1. The van der Waals surface area contributed by atoms with Crippen LogP contribution in [-0.4, -0.2) is 26.4 Å². The predicted molar refractivity (Wildman–Crippen MR) is 46.0 cm³/mol. The number of hydrogen-bond acceptors (Lipinski definition) is 4. The summed E-state index contributed by atoms with van der Waals surface area (Å²) in [5.74, 6) is -1.50. The van der Waals surface area contributed by atoms with Crippen molar-refractivity contribution in [2.24, 2.45) is 0 Å². The summed E-state index contributed by atoms with van der Waals surface area (Å²) < 4.78 is 41.3. The fourth-order valence-corrected chi connectivity index (χ4v) is 1.09. The molecule has 0 saturated carbocycles. The summed E-state index contributed by atoms with van der Waals surface area (Å²) in [4.78, 5) is 10.5. The van der Waals surface area contributed by atoms with Gasteiger partial charge in [0.1, 0.15) is 11.4 Å². The number of hydrogen-bond donors (Lipinski definition) is 2. The van der Waals surface area contributed by atoms with Crippen LogP contribution in [0.3, 0.4) is 0 Å². The van der Waals surface area contributed by atoms with Crippen LogP contribution in [0.4, 0.5) is 13.2 Å². The zero-order chi connectivity index (χ0) is 12.6. The molecule has 0 amide bonds. The number of carbonyl (C=O) groups is 1. The van der Waals surface area contributed by atoms with E-state index in [1.807, 2.05) is 0 Å². The number of aromatic amines is 1. The van der Waals surface area contributed by atoms with E-state index in [0.717, 1.165) is 6.07 Å². The van der Waals surface area contributed by atoms with Gasteiger partial charge in [-0.25, -0.2) is 4.79 Å². The highest BCUT2D eigenvalue weighted by atomic mass is 19.4. The fraction of sp³-hybridized carbons (Fsp3) is 0.125. The summed E-state index contributed by atoms with van der Waals surface area (Å²) in [6, 6.07) is 1.69. The molecule has 0 bridgehead atoms. The zero-order valence-corrected chi connectivity index (χ0v) is 7.95. The Balaban J connectivity index is 2.34. The minimum absolute atomic E-state index is 0.158. The number of carboxylic acid groups (broad SMARTS) is 1. The summed E-state index contributed by atoms with van der Waals surface area (Å²) in [7, 11) is 0. The number of H-pyrrole nitrogens is 1. The third-order valence-corrected chi connectivity index (χ3v) is 1.86. The average molecular weight is 247 g/mol. The summed E-state index contributed by atoms with van der Waals surface area (Å²) in [6.07, 6.45) is -4.55. The lowest BCUT2D eigenvalue weighted by molar-refractivity contribution is -0.141. The third kappa shape index (κ3) is 2.12. The van der Waals surface area contributed by atoms with Gasteiger partial charge in [-0.3, -0.25) is 5.10 Å². The molecule has 0 aliphatic heterocycles. The topological polar surface area (TPSA) is 92.0 Å². The Hall–Kier alpha value is -2.32. The molecule has 0 fully saturated rings. The molecule has 9 heteroatoms. The smallest absolute Gasteiger partial charge is 0.432 e. The molecule has 0 spiro atoms. The van der Waals surface area contributed by atoms with E-state index < -0.39 is 23.5 Å². The number of alkyl halides is 3. The number of halogens is 3. The number of aromatic nitrogens is 3. The largest absolute Gasteiger partial charge is 0.476 e. The molecule has 2 heterocycles. The Kier molecular flexibility index (Phi) is 2.37.